The highest BCUT2D eigenvalue weighted by molar-refractivity contribution is 6.36. The van der Waals surface area contributed by atoms with Gasteiger partial charge in [0.25, 0.3) is 0 Å². The number of carbonyl (C=O) groups is 2. The Balaban J connectivity index is 1.80. The van der Waals surface area contributed by atoms with Crippen molar-refractivity contribution in [3.8, 4) is 0 Å². The molecule has 1 aromatic carbocycles. The van der Waals surface area contributed by atoms with E-state index < -0.39 is 17.7 Å². The molecule has 2 aliphatic rings. The van der Waals surface area contributed by atoms with Crippen LogP contribution in [0, 0.1) is 0 Å². The lowest BCUT2D eigenvalue weighted by Crippen LogP contribution is -2.54. The number of halogens is 2. The fourth-order valence-electron chi connectivity index (χ4n) is 3.55. The van der Waals surface area contributed by atoms with Crippen LogP contribution in [-0.2, 0) is 16.1 Å². The van der Waals surface area contributed by atoms with E-state index >= 15 is 0 Å². The highest BCUT2D eigenvalue weighted by atomic mass is 35.5. The molecule has 1 heterocycles. The predicted octanol–water partition coefficient (Wildman–Crippen LogP) is 5.27. The van der Waals surface area contributed by atoms with E-state index in [9.17, 15) is 9.59 Å². The first-order chi connectivity index (χ1) is 13.2. The maximum absolute atomic E-state index is 13.5. The van der Waals surface area contributed by atoms with Crippen LogP contribution in [-0.4, -0.2) is 46.0 Å². The molecule has 28 heavy (non-hydrogen) atoms. The highest BCUT2D eigenvalue weighted by Gasteiger charge is 2.41. The summed E-state index contributed by atoms with van der Waals surface area (Å²) in [6, 6.07) is 5.05. The number of hydrogen-bond donors (Lipinski definition) is 0. The minimum absolute atomic E-state index is 0.0379. The summed E-state index contributed by atoms with van der Waals surface area (Å²) in [6.07, 6.45) is 3.96. The molecular weight excluding hydrogens is 399 g/mol. The summed E-state index contributed by atoms with van der Waals surface area (Å²) in [4.78, 5) is 29.6. The highest BCUT2D eigenvalue weighted by Crippen LogP contribution is 2.34. The summed E-state index contributed by atoms with van der Waals surface area (Å²) in [6.45, 7) is 6.40. The molecule has 0 unspecified atom stereocenters. The van der Waals surface area contributed by atoms with Gasteiger partial charge in [-0.2, -0.15) is 0 Å². The van der Waals surface area contributed by atoms with Crippen LogP contribution in [0.25, 0.3) is 0 Å². The first-order valence-electron chi connectivity index (χ1n) is 9.90. The van der Waals surface area contributed by atoms with E-state index in [1.807, 2.05) is 25.7 Å². The van der Waals surface area contributed by atoms with Crippen LogP contribution in [0.3, 0.4) is 0 Å². The molecule has 1 saturated heterocycles. The standard InChI is InChI=1S/C21H28Cl2N2O3/c1-21(2,3)28-20(27)24-12-5-4-9-18(24)19(26)25(14-10-11-14)13-15-16(22)7-6-8-17(15)23/h6-8,14,18H,4-5,9-13H2,1-3H3/t18-/m1/s1. The van der Waals surface area contributed by atoms with Gasteiger partial charge in [-0.05, 0) is 65.0 Å². The second-order valence-electron chi connectivity index (χ2n) is 8.58. The molecule has 2 fully saturated rings. The number of likely N-dealkylation sites (tertiary alicyclic amines) is 1. The van der Waals surface area contributed by atoms with Gasteiger partial charge >= 0.3 is 6.09 Å². The Morgan fingerprint density at radius 1 is 1.14 bits per heavy atom. The van der Waals surface area contributed by atoms with Crippen LogP contribution in [0.4, 0.5) is 4.79 Å². The number of carbonyl (C=O) groups excluding carboxylic acids is 2. The van der Waals surface area contributed by atoms with Crippen molar-refractivity contribution in [3.05, 3.63) is 33.8 Å². The summed E-state index contributed by atoms with van der Waals surface area (Å²) in [5, 5.41) is 1.11. The van der Waals surface area contributed by atoms with Gasteiger partial charge in [-0.1, -0.05) is 29.3 Å². The normalized spacial score (nSPS) is 20.0. The maximum atomic E-state index is 13.5. The molecule has 0 radical (unpaired) electrons. The third-order valence-electron chi connectivity index (χ3n) is 5.08. The predicted molar refractivity (Wildman–Crippen MR) is 111 cm³/mol. The molecule has 1 saturated carbocycles. The number of nitrogens with zero attached hydrogens (tertiary/aromatic N) is 2. The summed E-state index contributed by atoms with van der Waals surface area (Å²) in [7, 11) is 0. The van der Waals surface area contributed by atoms with Crippen LogP contribution in [0.1, 0.15) is 58.4 Å². The number of ether oxygens (including phenoxy) is 1. The smallest absolute Gasteiger partial charge is 0.410 e. The molecule has 1 aromatic rings. The van der Waals surface area contributed by atoms with Gasteiger partial charge in [0.15, 0.2) is 0 Å². The van der Waals surface area contributed by atoms with E-state index in [-0.39, 0.29) is 11.9 Å². The molecule has 3 rings (SSSR count). The Bertz CT molecular complexity index is 723. The number of piperidine rings is 1. The van der Waals surface area contributed by atoms with Crippen LogP contribution in [0.2, 0.25) is 10.0 Å². The van der Waals surface area contributed by atoms with E-state index in [0.717, 1.165) is 31.2 Å². The largest absolute Gasteiger partial charge is 0.444 e. The Labute approximate surface area is 176 Å². The molecule has 2 amide bonds. The van der Waals surface area contributed by atoms with Gasteiger partial charge in [0.2, 0.25) is 5.91 Å². The zero-order valence-electron chi connectivity index (χ0n) is 16.7. The first-order valence-corrected chi connectivity index (χ1v) is 10.7. The summed E-state index contributed by atoms with van der Waals surface area (Å²) < 4.78 is 5.54. The van der Waals surface area contributed by atoms with Gasteiger partial charge in [0.1, 0.15) is 11.6 Å². The Kier molecular flexibility index (Phi) is 6.45. The monoisotopic (exact) mass is 426 g/mol. The fraction of sp³-hybridized carbons (Fsp3) is 0.619. The van der Waals surface area contributed by atoms with E-state index in [0.29, 0.717) is 29.6 Å². The molecule has 5 nitrogen and oxygen atoms in total. The zero-order valence-corrected chi connectivity index (χ0v) is 18.2. The van der Waals surface area contributed by atoms with Gasteiger partial charge in [-0.25, -0.2) is 4.79 Å². The second kappa shape index (κ2) is 8.50. The lowest BCUT2D eigenvalue weighted by Gasteiger charge is -2.38. The molecular formula is C21H28Cl2N2O3. The van der Waals surface area contributed by atoms with Gasteiger partial charge in [-0.3, -0.25) is 9.69 Å². The lowest BCUT2D eigenvalue weighted by atomic mass is 10.0. The van der Waals surface area contributed by atoms with E-state index in [2.05, 4.69) is 0 Å². The first kappa shape index (κ1) is 21.3. The number of amides is 2. The van der Waals surface area contributed by atoms with Crippen molar-refractivity contribution in [2.75, 3.05) is 6.54 Å². The van der Waals surface area contributed by atoms with Crippen molar-refractivity contribution in [1.82, 2.24) is 9.80 Å². The fourth-order valence-corrected chi connectivity index (χ4v) is 4.06. The Hall–Kier alpha value is -1.46. The lowest BCUT2D eigenvalue weighted by molar-refractivity contribution is -0.139. The summed E-state index contributed by atoms with van der Waals surface area (Å²) in [5.41, 5.74) is 0.161. The van der Waals surface area contributed by atoms with Crippen molar-refractivity contribution in [3.63, 3.8) is 0 Å². The minimum Gasteiger partial charge on any atom is -0.444 e. The average molecular weight is 427 g/mol. The summed E-state index contributed by atoms with van der Waals surface area (Å²) in [5.74, 6) is -0.0379. The third kappa shape index (κ3) is 5.12. The van der Waals surface area contributed by atoms with Crippen molar-refractivity contribution in [1.29, 1.82) is 0 Å². The van der Waals surface area contributed by atoms with Gasteiger partial charge in [0.05, 0.1) is 0 Å². The maximum Gasteiger partial charge on any atom is 0.410 e. The van der Waals surface area contributed by atoms with Crippen LogP contribution >= 0.6 is 23.2 Å². The topological polar surface area (TPSA) is 49.9 Å². The SMILES string of the molecule is CC(C)(C)OC(=O)N1CCCC[C@@H]1C(=O)N(Cc1c(Cl)cccc1Cl)C1CC1. The molecule has 1 aliphatic carbocycles. The minimum atomic E-state index is -0.594. The molecule has 0 N–H and O–H groups in total. The van der Waals surface area contributed by atoms with E-state index in [1.165, 1.54) is 0 Å². The van der Waals surface area contributed by atoms with Crippen molar-refractivity contribution in [2.45, 2.75) is 77.1 Å². The van der Waals surface area contributed by atoms with E-state index in [1.54, 1.807) is 23.1 Å². The molecule has 0 spiro atoms. The number of hydrogen-bond acceptors (Lipinski definition) is 3. The van der Waals surface area contributed by atoms with Crippen LogP contribution in [0.15, 0.2) is 18.2 Å². The number of rotatable bonds is 4. The molecule has 1 aliphatic heterocycles. The van der Waals surface area contributed by atoms with E-state index in [4.69, 9.17) is 27.9 Å². The van der Waals surface area contributed by atoms with Gasteiger partial charge < -0.3 is 9.64 Å². The van der Waals surface area contributed by atoms with Gasteiger partial charge in [-0.15, -0.1) is 0 Å². The molecule has 7 heteroatoms. The van der Waals surface area contributed by atoms with Crippen LogP contribution in [0.5, 0.6) is 0 Å². The Morgan fingerprint density at radius 3 is 2.36 bits per heavy atom. The molecule has 1 atom stereocenters. The second-order valence-corrected chi connectivity index (χ2v) is 9.40. The number of benzene rings is 1. The third-order valence-corrected chi connectivity index (χ3v) is 5.78. The molecule has 0 bridgehead atoms. The molecule has 154 valence electrons. The van der Waals surface area contributed by atoms with Crippen LogP contribution < -0.4 is 0 Å². The Morgan fingerprint density at radius 2 is 1.79 bits per heavy atom. The van der Waals surface area contributed by atoms with Crippen molar-refractivity contribution < 1.29 is 14.3 Å². The summed E-state index contributed by atoms with van der Waals surface area (Å²) >= 11 is 12.7. The zero-order chi connectivity index (χ0) is 20.5. The molecule has 0 aromatic heterocycles. The quantitative estimate of drug-likeness (QED) is 0.658. The van der Waals surface area contributed by atoms with Gasteiger partial charge in [0, 0.05) is 34.7 Å². The van der Waals surface area contributed by atoms with Crippen molar-refractivity contribution >= 4 is 35.2 Å². The average Bonchev–Trinajstić information content (AvgIpc) is 3.44. The van der Waals surface area contributed by atoms with Crippen molar-refractivity contribution in [2.24, 2.45) is 0 Å².